The molecule has 3 rings (SSSR count). The minimum absolute atomic E-state index is 0.0615. The zero-order valence-electron chi connectivity index (χ0n) is 14.8. The summed E-state index contributed by atoms with van der Waals surface area (Å²) in [6, 6.07) is 19.3. The van der Waals surface area contributed by atoms with Gasteiger partial charge >= 0.3 is 0 Å². The van der Waals surface area contributed by atoms with Crippen LogP contribution in [-0.2, 0) is 11.2 Å². The van der Waals surface area contributed by atoms with Crippen LogP contribution in [0.25, 0.3) is 11.3 Å². The summed E-state index contributed by atoms with van der Waals surface area (Å²) >= 11 is 0. The highest BCUT2D eigenvalue weighted by Gasteiger charge is 2.18. The molecule has 1 atom stereocenters. The monoisotopic (exact) mass is 348 g/mol. The van der Waals surface area contributed by atoms with E-state index in [1.165, 1.54) is 10.7 Å². The van der Waals surface area contributed by atoms with Crippen molar-refractivity contribution in [3.05, 3.63) is 82.6 Å². The molecule has 3 aromatic rings. The Balaban J connectivity index is 1.89. The number of carbonyl (C=O) groups is 1. The van der Waals surface area contributed by atoms with Crippen molar-refractivity contribution in [2.45, 2.75) is 19.4 Å². The highest BCUT2D eigenvalue weighted by Crippen LogP contribution is 2.21. The van der Waals surface area contributed by atoms with Gasteiger partial charge in [0.2, 0.25) is 0 Å². The van der Waals surface area contributed by atoms with Crippen LogP contribution in [0.15, 0.2) is 71.5 Å². The Morgan fingerprint density at radius 2 is 1.85 bits per heavy atom. The van der Waals surface area contributed by atoms with E-state index in [9.17, 15) is 9.59 Å². The maximum atomic E-state index is 12.6. The van der Waals surface area contributed by atoms with E-state index in [1.54, 1.807) is 20.1 Å². The predicted molar refractivity (Wildman–Crippen MR) is 100 cm³/mol. The van der Waals surface area contributed by atoms with Crippen molar-refractivity contribution in [3.63, 3.8) is 0 Å². The van der Waals surface area contributed by atoms with Gasteiger partial charge in [-0.25, -0.2) is 4.68 Å². The minimum atomic E-state index is -0.645. The lowest BCUT2D eigenvalue weighted by molar-refractivity contribution is -0.121. The van der Waals surface area contributed by atoms with Gasteiger partial charge in [0.15, 0.2) is 5.78 Å². The van der Waals surface area contributed by atoms with E-state index in [0.29, 0.717) is 11.4 Å². The van der Waals surface area contributed by atoms with Crippen LogP contribution in [0.1, 0.15) is 18.5 Å². The highest BCUT2D eigenvalue weighted by atomic mass is 16.5. The number of hydrogen-bond donors (Lipinski definition) is 0. The number of aromatic nitrogens is 2. The standard InChI is InChI=1S/C21H20N2O3/c1-15(20(24)13-16-7-4-3-5-8-16)23-21(25)12-11-19(22-23)17-9-6-10-18(14-17)26-2/h3-12,14-15H,13H2,1-2H3. The lowest BCUT2D eigenvalue weighted by Gasteiger charge is -2.14. The molecule has 0 aliphatic rings. The third kappa shape index (κ3) is 3.88. The number of ketones is 1. The molecule has 1 aromatic heterocycles. The molecule has 0 spiro atoms. The maximum absolute atomic E-state index is 12.6. The third-order valence-electron chi connectivity index (χ3n) is 4.24. The Morgan fingerprint density at radius 1 is 1.08 bits per heavy atom. The SMILES string of the molecule is COc1cccc(-c2ccc(=O)n(C(C)C(=O)Cc3ccccc3)n2)c1. The third-order valence-corrected chi connectivity index (χ3v) is 4.24. The molecule has 2 aromatic carbocycles. The van der Waals surface area contributed by atoms with Crippen LogP contribution in [-0.4, -0.2) is 22.7 Å². The Bertz CT molecular complexity index is 964. The number of methoxy groups -OCH3 is 1. The number of hydrogen-bond acceptors (Lipinski definition) is 4. The Morgan fingerprint density at radius 3 is 2.58 bits per heavy atom. The van der Waals surface area contributed by atoms with Crippen LogP contribution in [0.4, 0.5) is 0 Å². The minimum Gasteiger partial charge on any atom is -0.497 e. The lowest BCUT2D eigenvalue weighted by Crippen LogP contribution is -2.30. The number of carbonyl (C=O) groups excluding carboxylic acids is 1. The first-order valence-corrected chi connectivity index (χ1v) is 8.39. The summed E-state index contributed by atoms with van der Waals surface area (Å²) in [6.45, 7) is 1.70. The van der Waals surface area contributed by atoms with E-state index in [0.717, 1.165) is 11.1 Å². The van der Waals surface area contributed by atoms with Gasteiger partial charge in [-0.2, -0.15) is 5.10 Å². The van der Waals surface area contributed by atoms with Gasteiger partial charge in [0, 0.05) is 18.1 Å². The Labute approximate surface area is 151 Å². The molecule has 26 heavy (non-hydrogen) atoms. The van der Waals surface area contributed by atoms with Gasteiger partial charge in [-0.1, -0.05) is 42.5 Å². The summed E-state index contributed by atoms with van der Waals surface area (Å²) in [4.78, 5) is 24.8. The van der Waals surface area contributed by atoms with E-state index in [4.69, 9.17) is 4.74 Å². The number of Topliss-reactive ketones (excluding diaryl/α,β-unsaturated/α-hetero) is 1. The molecule has 0 saturated carbocycles. The van der Waals surface area contributed by atoms with Gasteiger partial charge in [-0.15, -0.1) is 0 Å². The predicted octanol–water partition coefficient (Wildman–Crippen LogP) is 3.29. The van der Waals surface area contributed by atoms with E-state index in [2.05, 4.69) is 5.10 Å². The van der Waals surface area contributed by atoms with Gasteiger partial charge in [0.05, 0.1) is 12.8 Å². The summed E-state index contributed by atoms with van der Waals surface area (Å²) in [5.41, 5.74) is 2.05. The van der Waals surface area contributed by atoms with Crippen LogP contribution in [0.3, 0.4) is 0 Å². The number of rotatable bonds is 6. The van der Waals surface area contributed by atoms with Gasteiger partial charge in [-0.05, 0) is 30.7 Å². The van der Waals surface area contributed by atoms with Gasteiger partial charge in [0.25, 0.3) is 5.56 Å². The molecule has 0 aliphatic heterocycles. The van der Waals surface area contributed by atoms with Crippen molar-refractivity contribution in [3.8, 4) is 17.0 Å². The van der Waals surface area contributed by atoms with Gasteiger partial charge < -0.3 is 4.74 Å². The van der Waals surface area contributed by atoms with Crippen molar-refractivity contribution >= 4 is 5.78 Å². The summed E-state index contributed by atoms with van der Waals surface area (Å²) in [6.07, 6.45) is 0.263. The number of nitrogens with zero attached hydrogens (tertiary/aromatic N) is 2. The first-order valence-electron chi connectivity index (χ1n) is 8.39. The molecule has 0 aliphatic carbocycles. The second kappa shape index (κ2) is 7.78. The van der Waals surface area contributed by atoms with Crippen molar-refractivity contribution in [2.24, 2.45) is 0 Å². The largest absolute Gasteiger partial charge is 0.497 e. The first-order chi connectivity index (χ1) is 12.6. The normalized spacial score (nSPS) is 11.8. The fourth-order valence-electron chi connectivity index (χ4n) is 2.72. The van der Waals surface area contributed by atoms with Crippen LogP contribution in [0.5, 0.6) is 5.75 Å². The molecular formula is C21H20N2O3. The van der Waals surface area contributed by atoms with Gasteiger partial charge in [-0.3, -0.25) is 9.59 Å². The van der Waals surface area contributed by atoms with E-state index in [-0.39, 0.29) is 17.8 Å². The number of ether oxygens (including phenoxy) is 1. The molecule has 0 fully saturated rings. The van der Waals surface area contributed by atoms with Crippen LogP contribution < -0.4 is 10.3 Å². The van der Waals surface area contributed by atoms with Crippen molar-refractivity contribution < 1.29 is 9.53 Å². The molecule has 0 saturated heterocycles. The molecule has 0 amide bonds. The summed E-state index contributed by atoms with van der Waals surface area (Å²) < 4.78 is 6.48. The van der Waals surface area contributed by atoms with Crippen LogP contribution in [0.2, 0.25) is 0 Å². The first kappa shape index (κ1) is 17.6. The molecule has 0 N–H and O–H groups in total. The van der Waals surface area contributed by atoms with E-state index < -0.39 is 6.04 Å². The zero-order valence-corrected chi connectivity index (χ0v) is 14.8. The molecular weight excluding hydrogens is 328 g/mol. The second-order valence-electron chi connectivity index (χ2n) is 6.04. The van der Waals surface area contributed by atoms with Gasteiger partial charge in [0.1, 0.15) is 11.8 Å². The summed E-state index contributed by atoms with van der Waals surface area (Å²) in [7, 11) is 1.60. The smallest absolute Gasteiger partial charge is 0.267 e. The average molecular weight is 348 g/mol. The van der Waals surface area contributed by atoms with E-state index in [1.807, 2.05) is 54.6 Å². The van der Waals surface area contributed by atoms with Crippen molar-refractivity contribution in [1.29, 1.82) is 0 Å². The number of benzene rings is 2. The topological polar surface area (TPSA) is 61.2 Å². The summed E-state index contributed by atoms with van der Waals surface area (Å²) in [5, 5.41) is 4.41. The van der Waals surface area contributed by atoms with Crippen LogP contribution in [0, 0.1) is 0 Å². The Hall–Kier alpha value is -3.21. The quantitative estimate of drug-likeness (QED) is 0.686. The lowest BCUT2D eigenvalue weighted by atomic mass is 10.0. The van der Waals surface area contributed by atoms with E-state index >= 15 is 0 Å². The fraction of sp³-hybridized carbons (Fsp3) is 0.190. The van der Waals surface area contributed by atoms with Crippen LogP contribution >= 0.6 is 0 Å². The summed E-state index contributed by atoms with van der Waals surface area (Å²) in [5.74, 6) is 0.642. The maximum Gasteiger partial charge on any atom is 0.267 e. The fourth-order valence-corrected chi connectivity index (χ4v) is 2.72. The molecule has 132 valence electrons. The molecule has 0 radical (unpaired) electrons. The zero-order chi connectivity index (χ0) is 18.5. The molecule has 0 bridgehead atoms. The molecule has 1 unspecified atom stereocenters. The Kier molecular flexibility index (Phi) is 5.27. The van der Waals surface area contributed by atoms with Crippen molar-refractivity contribution in [2.75, 3.05) is 7.11 Å². The molecule has 5 nitrogen and oxygen atoms in total. The molecule has 1 heterocycles. The average Bonchev–Trinajstić information content (AvgIpc) is 2.68. The second-order valence-corrected chi connectivity index (χ2v) is 6.04. The van der Waals surface area contributed by atoms with Crippen molar-refractivity contribution in [1.82, 2.24) is 9.78 Å². The molecule has 5 heteroatoms. The highest BCUT2D eigenvalue weighted by molar-refractivity contribution is 5.84.